The molecule has 1 N–H and O–H groups in total. The molecule has 2 aromatic carbocycles. The van der Waals surface area contributed by atoms with Gasteiger partial charge in [-0.25, -0.2) is 8.78 Å². The summed E-state index contributed by atoms with van der Waals surface area (Å²) in [5, 5.41) is 3.87. The molecule has 0 saturated carbocycles. The fraction of sp³-hybridized carbons (Fsp3) is 0.464. The van der Waals surface area contributed by atoms with Crippen molar-refractivity contribution in [3.05, 3.63) is 70.4 Å². The second kappa shape index (κ2) is 10.3. The number of carbonyl (C=O) groups excluding carboxylic acids is 1. The molecule has 34 heavy (non-hydrogen) atoms. The number of hydrogen-bond donors (Lipinski definition) is 1. The van der Waals surface area contributed by atoms with Gasteiger partial charge in [-0.15, -0.1) is 0 Å². The summed E-state index contributed by atoms with van der Waals surface area (Å²) < 4.78 is 30.8. The number of rotatable bonds is 8. The molecule has 4 nitrogen and oxygen atoms in total. The van der Waals surface area contributed by atoms with E-state index in [4.69, 9.17) is 0 Å². The Hall–Kier alpha value is -2.73. The van der Waals surface area contributed by atoms with Crippen LogP contribution in [0.1, 0.15) is 54.5 Å². The fourth-order valence-corrected chi connectivity index (χ4v) is 5.58. The van der Waals surface area contributed by atoms with Gasteiger partial charge in [0.2, 0.25) is 5.91 Å². The van der Waals surface area contributed by atoms with Crippen molar-refractivity contribution in [3.63, 3.8) is 0 Å². The van der Waals surface area contributed by atoms with Gasteiger partial charge in [-0.3, -0.25) is 4.79 Å². The summed E-state index contributed by atoms with van der Waals surface area (Å²) in [6.07, 6.45) is 3.43. The van der Waals surface area contributed by atoms with E-state index < -0.39 is 17.6 Å². The number of nitrogens with one attached hydrogen (secondary N) is 1. The number of hydrogen-bond acceptors (Lipinski definition) is 2. The third kappa shape index (κ3) is 4.88. The van der Waals surface area contributed by atoms with Crippen molar-refractivity contribution in [2.45, 2.75) is 65.0 Å². The minimum atomic E-state index is -0.612. The lowest BCUT2D eigenvalue weighted by Crippen LogP contribution is -2.32. The lowest BCUT2D eigenvalue weighted by molar-refractivity contribution is -0.121. The van der Waals surface area contributed by atoms with Crippen molar-refractivity contribution in [3.8, 4) is 0 Å². The number of benzene rings is 2. The monoisotopic (exact) mass is 467 g/mol. The van der Waals surface area contributed by atoms with Crippen LogP contribution in [0.25, 0.3) is 10.9 Å². The number of fused-ring (bicyclic) bond motifs is 1. The predicted octanol–water partition coefficient (Wildman–Crippen LogP) is 5.48. The molecule has 2 atom stereocenters. The Balaban J connectivity index is 1.80. The van der Waals surface area contributed by atoms with Crippen LogP contribution in [-0.2, 0) is 17.8 Å². The van der Waals surface area contributed by atoms with Crippen LogP contribution in [0.5, 0.6) is 0 Å². The van der Waals surface area contributed by atoms with Gasteiger partial charge in [-0.05, 0) is 69.1 Å². The molecule has 1 aliphatic rings. The van der Waals surface area contributed by atoms with E-state index in [-0.39, 0.29) is 12.3 Å². The molecule has 1 saturated heterocycles. The number of aromatic nitrogens is 1. The Kier molecular flexibility index (Phi) is 7.36. The molecule has 0 bridgehead atoms. The highest BCUT2D eigenvalue weighted by molar-refractivity contribution is 5.86. The van der Waals surface area contributed by atoms with Crippen LogP contribution < -0.4 is 5.32 Å². The zero-order valence-electron chi connectivity index (χ0n) is 20.6. The first kappa shape index (κ1) is 24.4. The molecule has 0 aliphatic carbocycles. The van der Waals surface area contributed by atoms with E-state index in [1.54, 1.807) is 7.05 Å². The van der Waals surface area contributed by atoms with E-state index in [0.29, 0.717) is 18.2 Å². The number of carbonyl (C=O) groups is 1. The third-order valence-electron chi connectivity index (χ3n) is 7.46. The van der Waals surface area contributed by atoms with Crippen LogP contribution in [0.15, 0.2) is 36.4 Å². The first-order valence-electron chi connectivity index (χ1n) is 12.3. The lowest BCUT2D eigenvalue weighted by atomic mass is 9.94. The van der Waals surface area contributed by atoms with Gasteiger partial charge in [0.05, 0.1) is 0 Å². The molecule has 2 heterocycles. The number of nitrogens with zero attached hydrogens (tertiary/aromatic N) is 2. The first-order chi connectivity index (χ1) is 16.3. The molecule has 4 rings (SSSR count). The lowest BCUT2D eigenvalue weighted by Gasteiger charge is -2.25. The highest BCUT2D eigenvalue weighted by Crippen LogP contribution is 2.34. The molecule has 1 amide bonds. The summed E-state index contributed by atoms with van der Waals surface area (Å²) in [6.45, 7) is 9.08. The Morgan fingerprint density at radius 3 is 2.68 bits per heavy atom. The second-order valence-electron chi connectivity index (χ2n) is 9.57. The summed E-state index contributed by atoms with van der Waals surface area (Å²) in [6, 6.07) is 10.6. The van der Waals surface area contributed by atoms with Gasteiger partial charge in [0, 0.05) is 61.1 Å². The van der Waals surface area contributed by atoms with Gasteiger partial charge in [-0.1, -0.05) is 24.6 Å². The molecule has 1 fully saturated rings. The zero-order valence-corrected chi connectivity index (χ0v) is 20.6. The highest BCUT2D eigenvalue weighted by atomic mass is 19.1. The van der Waals surface area contributed by atoms with Crippen molar-refractivity contribution >= 4 is 16.8 Å². The molecule has 0 spiro atoms. The van der Waals surface area contributed by atoms with Gasteiger partial charge < -0.3 is 14.8 Å². The summed E-state index contributed by atoms with van der Waals surface area (Å²) in [5.41, 5.74) is 5.17. The van der Waals surface area contributed by atoms with E-state index in [9.17, 15) is 13.6 Å². The number of likely N-dealkylation sites (tertiary alicyclic amines) is 1. The first-order valence-corrected chi connectivity index (χ1v) is 12.3. The normalized spacial score (nSPS) is 17.4. The Bertz CT molecular complexity index is 1190. The van der Waals surface area contributed by atoms with E-state index in [1.165, 1.54) is 47.2 Å². The van der Waals surface area contributed by atoms with E-state index in [1.807, 2.05) is 0 Å². The van der Waals surface area contributed by atoms with Crippen LogP contribution in [-0.4, -0.2) is 41.6 Å². The van der Waals surface area contributed by atoms with Crippen molar-refractivity contribution in [2.24, 2.45) is 0 Å². The fourth-order valence-electron chi connectivity index (χ4n) is 5.58. The average Bonchev–Trinajstić information content (AvgIpc) is 3.36. The Labute approximate surface area is 200 Å². The SMILES string of the molecule is CCN1CCCC1Cc1c(C)c2cc(C)ccc2n1CC(CC(=O)NC)c1ccc(F)cc1F. The maximum Gasteiger partial charge on any atom is 0.220 e. The van der Waals surface area contributed by atoms with Gasteiger partial charge in [0.25, 0.3) is 0 Å². The molecular weight excluding hydrogens is 432 g/mol. The van der Waals surface area contributed by atoms with Crippen molar-refractivity contribution < 1.29 is 13.6 Å². The maximum atomic E-state index is 14.9. The summed E-state index contributed by atoms with van der Waals surface area (Å²) in [5.74, 6) is -1.79. The third-order valence-corrected chi connectivity index (χ3v) is 7.46. The van der Waals surface area contributed by atoms with E-state index >= 15 is 0 Å². The summed E-state index contributed by atoms with van der Waals surface area (Å²) >= 11 is 0. The Morgan fingerprint density at radius 2 is 1.97 bits per heavy atom. The molecule has 0 radical (unpaired) electrons. The van der Waals surface area contributed by atoms with Gasteiger partial charge in [0.1, 0.15) is 11.6 Å². The van der Waals surface area contributed by atoms with E-state index in [0.717, 1.165) is 31.1 Å². The number of halogens is 2. The molecule has 182 valence electrons. The highest BCUT2D eigenvalue weighted by Gasteiger charge is 2.28. The van der Waals surface area contributed by atoms with Crippen LogP contribution in [0.4, 0.5) is 8.78 Å². The van der Waals surface area contributed by atoms with E-state index in [2.05, 4.69) is 53.8 Å². The standard InChI is InChI=1S/C28H35F2N3O/c1-5-32-12-6-7-22(32)16-27-19(3)24-13-18(2)8-11-26(24)33(27)17-20(14-28(34)31-4)23-10-9-21(29)15-25(23)30/h8-11,13,15,20,22H,5-7,12,14,16-17H2,1-4H3,(H,31,34). The molecule has 1 aromatic heterocycles. The van der Waals surface area contributed by atoms with Gasteiger partial charge in [0.15, 0.2) is 0 Å². The predicted molar refractivity (Wildman–Crippen MR) is 133 cm³/mol. The maximum absolute atomic E-state index is 14.9. The number of likely N-dealkylation sites (N-methyl/N-ethyl adjacent to an activating group) is 1. The largest absolute Gasteiger partial charge is 0.359 e. The van der Waals surface area contributed by atoms with Crippen LogP contribution in [0.3, 0.4) is 0 Å². The van der Waals surface area contributed by atoms with Crippen molar-refractivity contribution in [2.75, 3.05) is 20.1 Å². The number of amides is 1. The molecule has 6 heteroatoms. The van der Waals surface area contributed by atoms with Crippen molar-refractivity contribution in [1.82, 2.24) is 14.8 Å². The molecule has 1 aliphatic heterocycles. The Morgan fingerprint density at radius 1 is 1.18 bits per heavy atom. The molecular formula is C28H35F2N3O. The van der Waals surface area contributed by atoms with Crippen LogP contribution in [0, 0.1) is 25.5 Å². The van der Waals surface area contributed by atoms with Crippen molar-refractivity contribution in [1.29, 1.82) is 0 Å². The minimum absolute atomic E-state index is 0.133. The van der Waals surface area contributed by atoms with Crippen LogP contribution in [0.2, 0.25) is 0 Å². The van der Waals surface area contributed by atoms with Gasteiger partial charge >= 0.3 is 0 Å². The summed E-state index contributed by atoms with van der Waals surface area (Å²) in [4.78, 5) is 14.9. The summed E-state index contributed by atoms with van der Waals surface area (Å²) in [7, 11) is 1.59. The average molecular weight is 468 g/mol. The quantitative estimate of drug-likeness (QED) is 0.476. The molecule has 3 aromatic rings. The smallest absolute Gasteiger partial charge is 0.220 e. The minimum Gasteiger partial charge on any atom is -0.359 e. The molecule has 2 unspecified atom stereocenters. The van der Waals surface area contributed by atoms with Crippen LogP contribution >= 0.6 is 0 Å². The van der Waals surface area contributed by atoms with Gasteiger partial charge in [-0.2, -0.15) is 0 Å². The topological polar surface area (TPSA) is 37.3 Å². The number of aryl methyl sites for hydroxylation is 2. The zero-order chi connectivity index (χ0) is 24.4. The second-order valence-corrected chi connectivity index (χ2v) is 9.57.